The van der Waals surface area contributed by atoms with Gasteiger partial charge in [-0.3, -0.25) is 19.0 Å². The van der Waals surface area contributed by atoms with Crippen LogP contribution in [-0.4, -0.2) is 137 Å². The Balaban J connectivity index is 0.000000273. The first-order valence-electron chi connectivity index (χ1n) is 23.2. The van der Waals surface area contributed by atoms with E-state index in [2.05, 4.69) is 44.1 Å². The van der Waals surface area contributed by atoms with E-state index in [0.29, 0.717) is 57.4 Å². The molecule has 2 amide bonds. The number of fused-ring (bicyclic) bond motifs is 1. The summed E-state index contributed by atoms with van der Waals surface area (Å²) in [5, 5.41) is 8.55. The standard InChI is InChI=1S/C25H29FN6O3S2.C23H22F3N5O5S.3H2/c1-17(32-11-3-4-19-16-20(26)5-10-23(19)32)24(33)31-14-12-30(13-15-31)21-6-8-22(9-7-21)37(34,35)29-25-28-27-18(2)36-25;24-23(25,26)36-19-5-3-18(4-6-19)35-15-22(32)31-13-11-30(12-14-31)17-1-7-20(8-2-17)37(33,34)29-21-9-10-27-16-28-21;;;/h5-10,16-17H,3-4,11-15H2,1-2H3,(H,28,29);1-10,16H,11-15H2,(H,27,28,29);3*1H/t17-;;;;/m1..../s1. The number of amides is 2. The third-order valence-electron chi connectivity index (χ3n) is 12.3. The number of nitrogens with one attached hydrogen (secondary N) is 2. The van der Waals surface area contributed by atoms with E-state index < -0.39 is 26.4 Å². The van der Waals surface area contributed by atoms with E-state index in [0.717, 1.165) is 54.1 Å². The normalized spacial score (nSPS) is 15.6. The van der Waals surface area contributed by atoms with E-state index in [1.54, 1.807) is 60.4 Å². The minimum absolute atomic E-state index is 0. The van der Waals surface area contributed by atoms with Crippen molar-refractivity contribution >= 4 is 71.2 Å². The maximum Gasteiger partial charge on any atom is 0.573 e. The van der Waals surface area contributed by atoms with Gasteiger partial charge in [0.25, 0.3) is 26.0 Å². The van der Waals surface area contributed by atoms with Gasteiger partial charge < -0.3 is 34.0 Å². The van der Waals surface area contributed by atoms with Crippen LogP contribution in [0.3, 0.4) is 0 Å². The van der Waals surface area contributed by atoms with Crippen LogP contribution in [0.5, 0.6) is 11.5 Å². The van der Waals surface area contributed by atoms with Gasteiger partial charge in [-0.25, -0.2) is 31.2 Å². The van der Waals surface area contributed by atoms with Crippen LogP contribution in [-0.2, 0) is 36.1 Å². The fourth-order valence-electron chi connectivity index (χ4n) is 8.50. The molecule has 2 N–H and O–H groups in total. The molecule has 0 radical (unpaired) electrons. The highest BCUT2D eigenvalue weighted by Gasteiger charge is 2.33. The molecule has 2 fully saturated rings. The number of hydrogen-bond donors (Lipinski definition) is 2. The largest absolute Gasteiger partial charge is 0.573 e. The first kappa shape index (κ1) is 53.0. The predicted molar refractivity (Wildman–Crippen MR) is 275 cm³/mol. The molecule has 9 rings (SSSR count). The van der Waals surface area contributed by atoms with Crippen LogP contribution in [0.4, 0.5) is 45.6 Å². The van der Waals surface area contributed by atoms with Gasteiger partial charge in [0.2, 0.25) is 11.0 Å². The van der Waals surface area contributed by atoms with E-state index in [1.807, 2.05) is 16.7 Å². The highest BCUT2D eigenvalue weighted by Crippen LogP contribution is 2.31. The van der Waals surface area contributed by atoms with Gasteiger partial charge in [0.1, 0.15) is 40.5 Å². The van der Waals surface area contributed by atoms with Crippen molar-refractivity contribution < 1.29 is 57.7 Å². The zero-order chi connectivity index (χ0) is 52.6. The number of ether oxygens (including phenoxy) is 2. The van der Waals surface area contributed by atoms with Gasteiger partial charge in [-0.05, 0) is 129 Å². The lowest BCUT2D eigenvalue weighted by molar-refractivity contribution is -0.274. The highest BCUT2D eigenvalue weighted by molar-refractivity contribution is 7.93. The minimum atomic E-state index is -4.78. The number of aryl methyl sites for hydroxylation is 2. The number of carbonyl (C=O) groups is 2. The Morgan fingerprint density at radius 1 is 0.743 bits per heavy atom. The second-order valence-corrected chi connectivity index (χ2v) is 21.7. The summed E-state index contributed by atoms with van der Waals surface area (Å²) in [5.74, 6) is -0.412. The average molecular weight is 1090 g/mol. The van der Waals surface area contributed by atoms with E-state index in [1.165, 1.54) is 60.3 Å². The molecule has 1 atom stereocenters. The van der Waals surface area contributed by atoms with E-state index in [9.17, 15) is 44.0 Å². The van der Waals surface area contributed by atoms with Crippen LogP contribution in [0.15, 0.2) is 119 Å². The van der Waals surface area contributed by atoms with Crippen LogP contribution in [0.25, 0.3) is 0 Å². The fourth-order valence-corrected chi connectivity index (χ4v) is 11.3. The van der Waals surface area contributed by atoms with Crippen molar-refractivity contribution in [1.29, 1.82) is 0 Å². The van der Waals surface area contributed by atoms with Gasteiger partial charge in [0.15, 0.2) is 6.61 Å². The van der Waals surface area contributed by atoms with Gasteiger partial charge >= 0.3 is 6.36 Å². The van der Waals surface area contributed by atoms with Crippen molar-refractivity contribution in [3.8, 4) is 11.5 Å². The zero-order valence-corrected chi connectivity index (χ0v) is 42.4. The number of carbonyl (C=O) groups excluding carboxylic acids is 2. The number of hydrogen-bond acceptors (Lipinski definition) is 16. The Kier molecular flexibility index (Phi) is 16.4. The average Bonchev–Trinajstić information content (AvgIpc) is 3.81. The van der Waals surface area contributed by atoms with Crippen molar-refractivity contribution in [2.45, 2.75) is 48.9 Å². The molecule has 2 saturated heterocycles. The fraction of sp³-hybridized carbons (Fsp3) is 0.333. The summed E-state index contributed by atoms with van der Waals surface area (Å²) in [5.41, 5.74) is 3.61. The van der Waals surface area contributed by atoms with E-state index >= 15 is 0 Å². The number of nitrogens with zero attached hydrogens (tertiary/aromatic N) is 9. The summed E-state index contributed by atoms with van der Waals surface area (Å²) < 4.78 is 115. The third-order valence-corrected chi connectivity index (χ3v) is 15.9. The molecule has 0 spiro atoms. The lowest BCUT2D eigenvalue weighted by Crippen LogP contribution is -2.55. The highest BCUT2D eigenvalue weighted by atomic mass is 32.2. The van der Waals surface area contributed by atoms with Crippen LogP contribution < -0.4 is 33.6 Å². The predicted octanol–water partition coefficient (Wildman–Crippen LogP) is 6.92. The molecule has 3 aliphatic heterocycles. The van der Waals surface area contributed by atoms with Crippen LogP contribution in [0, 0.1) is 12.7 Å². The van der Waals surface area contributed by atoms with Crippen LogP contribution in [0.2, 0.25) is 0 Å². The van der Waals surface area contributed by atoms with E-state index in [-0.39, 0.29) is 66.8 Å². The molecule has 0 aliphatic carbocycles. The van der Waals surface area contributed by atoms with Gasteiger partial charge in [0.05, 0.1) is 9.79 Å². The number of anilines is 5. The molecule has 74 heavy (non-hydrogen) atoms. The Hall–Kier alpha value is -7.32. The van der Waals surface area contributed by atoms with Gasteiger partial charge in [-0.15, -0.1) is 23.4 Å². The summed E-state index contributed by atoms with van der Waals surface area (Å²) in [7, 11) is -7.55. The first-order valence-corrected chi connectivity index (χ1v) is 27.0. The summed E-state index contributed by atoms with van der Waals surface area (Å²) in [6, 6.07) is 23.8. The molecule has 3 aliphatic rings. The summed E-state index contributed by atoms with van der Waals surface area (Å²) >= 11 is 1.17. The smallest absolute Gasteiger partial charge is 0.484 e. The number of sulfonamides is 2. The van der Waals surface area contributed by atoms with Crippen molar-refractivity contribution in [2.75, 3.05) is 89.7 Å². The molecular weight excluding hydrogens is 1030 g/mol. The molecule has 0 saturated carbocycles. The van der Waals surface area contributed by atoms with Crippen molar-refractivity contribution in [3.05, 3.63) is 126 Å². The quantitative estimate of drug-likeness (QED) is 0.106. The zero-order valence-electron chi connectivity index (χ0n) is 40.0. The minimum Gasteiger partial charge on any atom is -0.484 e. The molecule has 19 nitrogen and oxygen atoms in total. The van der Waals surface area contributed by atoms with Crippen molar-refractivity contribution in [3.63, 3.8) is 0 Å². The Morgan fingerprint density at radius 2 is 1.32 bits per heavy atom. The number of rotatable bonds is 14. The first-order chi connectivity index (χ1) is 35.3. The van der Waals surface area contributed by atoms with Crippen LogP contribution in [0.1, 0.15) is 28.2 Å². The van der Waals surface area contributed by atoms with E-state index in [4.69, 9.17) is 4.74 Å². The lowest BCUT2D eigenvalue weighted by Gasteiger charge is -2.41. The number of halogens is 4. The molecule has 4 aromatic carbocycles. The number of alkyl halides is 3. The second kappa shape index (κ2) is 22.8. The third kappa shape index (κ3) is 13.6. The van der Waals surface area contributed by atoms with Crippen LogP contribution >= 0.6 is 11.3 Å². The summed E-state index contributed by atoms with van der Waals surface area (Å²) in [4.78, 5) is 43.4. The molecular formula is C48H57F4N11O8S3. The summed E-state index contributed by atoms with van der Waals surface area (Å²) in [6.07, 6.45) is -0.398. The van der Waals surface area contributed by atoms with Crippen molar-refractivity contribution in [1.82, 2.24) is 30.0 Å². The molecule has 0 unspecified atom stereocenters. The van der Waals surface area contributed by atoms with Gasteiger partial charge in [-0.2, -0.15) is 0 Å². The number of aromatic nitrogens is 4. The Labute approximate surface area is 433 Å². The molecule has 5 heterocycles. The summed E-state index contributed by atoms with van der Waals surface area (Å²) in [6.45, 7) is 8.54. The maximum atomic E-state index is 13.7. The Morgan fingerprint density at radius 3 is 1.88 bits per heavy atom. The molecule has 2 aromatic heterocycles. The Bertz CT molecular complexity index is 3130. The molecule has 398 valence electrons. The topological polar surface area (TPSA) is 213 Å². The second-order valence-electron chi connectivity index (χ2n) is 17.2. The van der Waals surface area contributed by atoms with Gasteiger partial charge in [0, 0.05) is 86.4 Å². The number of piperazine rings is 2. The molecule has 0 bridgehead atoms. The van der Waals surface area contributed by atoms with Gasteiger partial charge in [-0.1, -0.05) is 11.3 Å². The monoisotopic (exact) mass is 1090 g/mol. The number of benzene rings is 4. The molecule has 6 aromatic rings. The lowest BCUT2D eigenvalue weighted by atomic mass is 9.99. The molecule has 26 heteroatoms. The SMILES string of the molecule is Cc1nnc(NS(=O)(=O)c2ccc(N3CCN(C(=O)[C@@H](C)N4CCCc5cc(F)ccc54)CC3)cc2)s1.O=C(COc1ccc(OC(F)(F)F)cc1)N1CCN(c2ccc(S(=O)(=O)Nc3ccncn3)cc2)CC1.[HH].[HH].[HH]. The van der Waals surface area contributed by atoms with Crippen molar-refractivity contribution in [2.24, 2.45) is 0 Å². The maximum absolute atomic E-state index is 13.7.